The molecule has 3 nitrogen and oxygen atoms in total. The molecule has 0 unspecified atom stereocenters. The Labute approximate surface area is 169 Å². The Morgan fingerprint density at radius 2 is 1.89 bits per heavy atom. The molecule has 2 bridgehead atoms. The van der Waals surface area contributed by atoms with E-state index in [0.29, 0.717) is 18.4 Å². The van der Waals surface area contributed by atoms with Gasteiger partial charge in [0.1, 0.15) is 5.75 Å². The Hall–Kier alpha value is -1.84. The van der Waals surface area contributed by atoms with Gasteiger partial charge < -0.3 is 9.84 Å². The Morgan fingerprint density at radius 1 is 1.14 bits per heavy atom. The summed E-state index contributed by atoms with van der Waals surface area (Å²) in [5.74, 6) is 0.381. The lowest BCUT2D eigenvalue weighted by atomic mass is 9.51. The molecule has 0 aromatic heterocycles. The largest absolute Gasteiger partial charge is 0.508 e. The van der Waals surface area contributed by atoms with Crippen LogP contribution in [0.5, 0.6) is 5.75 Å². The molecule has 150 valence electrons. The highest BCUT2D eigenvalue weighted by Crippen LogP contribution is 2.56. The van der Waals surface area contributed by atoms with Crippen molar-refractivity contribution in [1.29, 1.82) is 0 Å². The SMILES string of the molecule is C[C@@H](CN1CC[C@@]2(C)c3ccc(O)cc3C[C@@H]1C2(C)C)OCc1ccccc1. The molecule has 0 saturated carbocycles. The van der Waals surface area contributed by atoms with Gasteiger partial charge in [0.15, 0.2) is 0 Å². The first-order valence-corrected chi connectivity index (χ1v) is 10.5. The Bertz CT molecular complexity index is 832. The van der Waals surface area contributed by atoms with Crippen molar-refractivity contribution in [2.45, 2.75) is 64.7 Å². The second-order valence-corrected chi connectivity index (χ2v) is 9.47. The molecule has 2 aromatic carbocycles. The van der Waals surface area contributed by atoms with Crippen LogP contribution in [0.1, 0.15) is 50.8 Å². The second-order valence-electron chi connectivity index (χ2n) is 9.47. The average Bonchev–Trinajstić information content (AvgIpc) is 2.66. The maximum atomic E-state index is 10.0. The molecule has 1 saturated heterocycles. The molecule has 1 heterocycles. The van der Waals surface area contributed by atoms with E-state index in [4.69, 9.17) is 4.74 Å². The van der Waals surface area contributed by atoms with Gasteiger partial charge in [0.05, 0.1) is 12.7 Å². The van der Waals surface area contributed by atoms with Crippen LogP contribution in [0.15, 0.2) is 48.5 Å². The molecule has 4 rings (SSSR count). The van der Waals surface area contributed by atoms with Crippen LogP contribution in [-0.4, -0.2) is 35.2 Å². The molecule has 1 fully saturated rings. The number of benzene rings is 2. The van der Waals surface area contributed by atoms with E-state index in [2.05, 4.69) is 62.9 Å². The molecule has 28 heavy (non-hydrogen) atoms. The smallest absolute Gasteiger partial charge is 0.115 e. The van der Waals surface area contributed by atoms with Crippen LogP contribution >= 0.6 is 0 Å². The van der Waals surface area contributed by atoms with E-state index in [0.717, 1.165) is 25.9 Å². The number of aromatic hydroxyl groups is 1. The third-order valence-corrected chi connectivity index (χ3v) is 7.56. The van der Waals surface area contributed by atoms with Crippen LogP contribution in [-0.2, 0) is 23.2 Å². The zero-order chi connectivity index (χ0) is 19.9. The third-order valence-electron chi connectivity index (χ3n) is 7.56. The maximum Gasteiger partial charge on any atom is 0.115 e. The van der Waals surface area contributed by atoms with Gasteiger partial charge in [-0.2, -0.15) is 0 Å². The molecule has 3 atom stereocenters. The number of likely N-dealkylation sites (tertiary alicyclic amines) is 1. The summed E-state index contributed by atoms with van der Waals surface area (Å²) in [6.45, 7) is 12.2. The van der Waals surface area contributed by atoms with Crippen LogP contribution in [0.4, 0.5) is 0 Å². The molecule has 0 amide bonds. The quantitative estimate of drug-likeness (QED) is 0.801. The number of rotatable bonds is 5. The van der Waals surface area contributed by atoms with Gasteiger partial charge in [0.25, 0.3) is 0 Å². The Balaban J connectivity index is 1.50. The van der Waals surface area contributed by atoms with Crippen LogP contribution in [0.3, 0.4) is 0 Å². The van der Waals surface area contributed by atoms with E-state index in [1.165, 1.54) is 16.7 Å². The van der Waals surface area contributed by atoms with Crippen molar-refractivity contribution in [3.8, 4) is 5.75 Å². The highest BCUT2D eigenvalue weighted by molar-refractivity contribution is 5.45. The minimum absolute atomic E-state index is 0.142. The predicted octanol–water partition coefficient (Wildman–Crippen LogP) is 4.91. The fraction of sp³-hybridized carbons (Fsp3) is 0.520. The average molecular weight is 380 g/mol. The van der Waals surface area contributed by atoms with Gasteiger partial charge >= 0.3 is 0 Å². The maximum absolute atomic E-state index is 10.0. The molecule has 0 radical (unpaired) electrons. The number of ether oxygens (including phenoxy) is 1. The van der Waals surface area contributed by atoms with Gasteiger partial charge in [0.2, 0.25) is 0 Å². The summed E-state index contributed by atoms with van der Waals surface area (Å²) < 4.78 is 6.17. The summed E-state index contributed by atoms with van der Waals surface area (Å²) in [4.78, 5) is 2.63. The normalized spacial score (nSPS) is 27.2. The summed E-state index contributed by atoms with van der Waals surface area (Å²) in [6, 6.07) is 16.9. The number of fused-ring (bicyclic) bond motifs is 4. The molecule has 1 N–H and O–H groups in total. The van der Waals surface area contributed by atoms with E-state index < -0.39 is 0 Å². The van der Waals surface area contributed by atoms with Crippen LogP contribution in [0.25, 0.3) is 0 Å². The number of nitrogens with zero attached hydrogens (tertiary/aromatic N) is 1. The fourth-order valence-corrected chi connectivity index (χ4v) is 5.45. The first kappa shape index (κ1) is 19.5. The van der Waals surface area contributed by atoms with Crippen molar-refractivity contribution in [1.82, 2.24) is 4.90 Å². The van der Waals surface area contributed by atoms with Crippen LogP contribution < -0.4 is 0 Å². The lowest BCUT2D eigenvalue weighted by Gasteiger charge is -2.61. The van der Waals surface area contributed by atoms with E-state index in [1.807, 2.05) is 18.2 Å². The molecule has 0 spiro atoms. The molecular formula is C25H33NO2. The van der Waals surface area contributed by atoms with Gasteiger partial charge in [-0.05, 0) is 60.5 Å². The monoisotopic (exact) mass is 379 g/mol. The Kier molecular flexibility index (Phi) is 5.01. The lowest BCUT2D eigenvalue weighted by Crippen LogP contribution is -2.64. The summed E-state index contributed by atoms with van der Waals surface area (Å²) in [6.07, 6.45) is 2.32. The van der Waals surface area contributed by atoms with Crippen molar-refractivity contribution in [3.63, 3.8) is 0 Å². The van der Waals surface area contributed by atoms with Crippen LogP contribution in [0.2, 0.25) is 0 Å². The Morgan fingerprint density at radius 3 is 2.64 bits per heavy atom. The first-order valence-electron chi connectivity index (χ1n) is 10.5. The lowest BCUT2D eigenvalue weighted by molar-refractivity contribution is -0.0648. The van der Waals surface area contributed by atoms with E-state index in [1.54, 1.807) is 0 Å². The molecule has 2 aromatic rings. The summed E-state index contributed by atoms with van der Waals surface area (Å²) in [5.41, 5.74) is 4.29. The molecule has 1 aliphatic carbocycles. The third kappa shape index (κ3) is 3.25. The van der Waals surface area contributed by atoms with Crippen LogP contribution in [0, 0.1) is 5.41 Å². The van der Waals surface area contributed by atoms with Crippen molar-refractivity contribution in [3.05, 3.63) is 65.2 Å². The summed E-state index contributed by atoms with van der Waals surface area (Å²) in [7, 11) is 0. The molecular weight excluding hydrogens is 346 g/mol. The number of phenols is 1. The number of phenolic OH excluding ortho intramolecular Hbond substituents is 1. The van der Waals surface area contributed by atoms with E-state index in [9.17, 15) is 5.11 Å². The zero-order valence-corrected chi connectivity index (χ0v) is 17.6. The van der Waals surface area contributed by atoms with E-state index in [-0.39, 0.29) is 16.9 Å². The van der Waals surface area contributed by atoms with E-state index >= 15 is 0 Å². The summed E-state index contributed by atoms with van der Waals surface area (Å²) >= 11 is 0. The van der Waals surface area contributed by atoms with Gasteiger partial charge in [-0.3, -0.25) is 4.90 Å². The zero-order valence-electron chi connectivity index (χ0n) is 17.6. The van der Waals surface area contributed by atoms with Gasteiger partial charge in [-0.1, -0.05) is 57.2 Å². The topological polar surface area (TPSA) is 32.7 Å². The van der Waals surface area contributed by atoms with Crippen molar-refractivity contribution in [2.75, 3.05) is 13.1 Å². The first-order chi connectivity index (χ1) is 13.3. The number of hydrogen-bond acceptors (Lipinski definition) is 3. The van der Waals surface area contributed by atoms with Crippen molar-refractivity contribution in [2.24, 2.45) is 5.41 Å². The minimum Gasteiger partial charge on any atom is -0.508 e. The van der Waals surface area contributed by atoms with Gasteiger partial charge in [0, 0.05) is 18.0 Å². The minimum atomic E-state index is 0.142. The standard InChI is InChI=1S/C25H33NO2/c1-18(28-17-19-8-6-5-7-9-19)16-26-13-12-25(4)22-11-10-21(27)14-20(22)15-23(26)24(25,2)3/h5-11,14,18,23,27H,12-13,15-17H2,1-4H3/t18-,23+,25-/m0/s1. The highest BCUT2D eigenvalue weighted by atomic mass is 16.5. The highest BCUT2D eigenvalue weighted by Gasteiger charge is 2.55. The fourth-order valence-electron chi connectivity index (χ4n) is 5.45. The predicted molar refractivity (Wildman–Crippen MR) is 114 cm³/mol. The molecule has 1 aliphatic heterocycles. The second kappa shape index (κ2) is 7.20. The van der Waals surface area contributed by atoms with Crippen molar-refractivity contribution < 1.29 is 9.84 Å². The van der Waals surface area contributed by atoms with Crippen molar-refractivity contribution >= 4 is 0 Å². The summed E-state index contributed by atoms with van der Waals surface area (Å²) in [5, 5.41) is 10.0. The number of piperidine rings is 1. The van der Waals surface area contributed by atoms with Gasteiger partial charge in [-0.15, -0.1) is 0 Å². The molecule has 2 aliphatic rings. The molecule has 3 heteroatoms. The number of hydrogen-bond donors (Lipinski definition) is 1. The van der Waals surface area contributed by atoms with Gasteiger partial charge in [-0.25, -0.2) is 0 Å².